The van der Waals surface area contributed by atoms with Gasteiger partial charge in [0.15, 0.2) is 0 Å². The summed E-state index contributed by atoms with van der Waals surface area (Å²) in [6.07, 6.45) is 1.01. The van der Waals surface area contributed by atoms with Gasteiger partial charge in [-0.15, -0.1) is 11.3 Å². The van der Waals surface area contributed by atoms with E-state index in [0.29, 0.717) is 44.1 Å². The third kappa shape index (κ3) is 4.52. The number of nitrogens with zero attached hydrogens (tertiary/aromatic N) is 2. The van der Waals surface area contributed by atoms with Crippen LogP contribution in [0.15, 0.2) is 40.6 Å². The largest absolute Gasteiger partial charge is 0.379 e. The summed E-state index contributed by atoms with van der Waals surface area (Å²) in [4.78, 5) is 28.0. The van der Waals surface area contributed by atoms with Crippen LogP contribution in [0.2, 0.25) is 0 Å². The van der Waals surface area contributed by atoms with Crippen LogP contribution in [-0.4, -0.2) is 63.4 Å². The van der Waals surface area contributed by atoms with Gasteiger partial charge in [0.1, 0.15) is 6.04 Å². The zero-order valence-corrected chi connectivity index (χ0v) is 18.9. The second-order valence-corrected chi connectivity index (χ2v) is 10.5. The Labute approximate surface area is 185 Å². The molecule has 3 heterocycles. The van der Waals surface area contributed by atoms with Gasteiger partial charge in [-0.2, -0.15) is 4.31 Å². The van der Waals surface area contributed by atoms with Crippen LogP contribution in [-0.2, 0) is 37.2 Å². The number of morpholine rings is 1. The molecule has 1 fully saturated rings. The van der Waals surface area contributed by atoms with Crippen molar-refractivity contribution in [1.29, 1.82) is 0 Å². The van der Waals surface area contributed by atoms with Crippen LogP contribution in [0.4, 0.5) is 5.69 Å². The highest BCUT2D eigenvalue weighted by Gasteiger charge is 2.38. The molecule has 1 unspecified atom stereocenters. The van der Waals surface area contributed by atoms with E-state index < -0.39 is 16.1 Å². The fourth-order valence-electron chi connectivity index (χ4n) is 4.00. The third-order valence-corrected chi connectivity index (χ3v) is 8.37. The van der Waals surface area contributed by atoms with Crippen LogP contribution in [0.5, 0.6) is 0 Å². The summed E-state index contributed by atoms with van der Waals surface area (Å²) in [7, 11) is -3.65. The minimum absolute atomic E-state index is 0.176. The van der Waals surface area contributed by atoms with Crippen molar-refractivity contribution < 1.29 is 22.7 Å². The number of benzene rings is 1. The van der Waals surface area contributed by atoms with Gasteiger partial charge < -0.3 is 10.1 Å². The van der Waals surface area contributed by atoms with Crippen molar-refractivity contribution in [3.63, 3.8) is 0 Å². The predicted molar refractivity (Wildman–Crippen MR) is 118 cm³/mol. The molecule has 1 atom stereocenters. The Kier molecular flexibility index (Phi) is 6.42. The monoisotopic (exact) mass is 463 g/mol. The van der Waals surface area contributed by atoms with E-state index in [1.54, 1.807) is 23.5 Å². The minimum atomic E-state index is -3.65. The Hall–Kier alpha value is -2.27. The van der Waals surface area contributed by atoms with Gasteiger partial charge in [0.05, 0.1) is 18.1 Å². The molecule has 166 valence electrons. The Morgan fingerprint density at radius 1 is 1.23 bits per heavy atom. The highest BCUT2D eigenvalue weighted by molar-refractivity contribution is 7.89. The Bertz CT molecular complexity index is 1060. The summed E-state index contributed by atoms with van der Waals surface area (Å²) in [6, 6.07) is 8.03. The molecule has 0 spiro atoms. The molecule has 0 radical (unpaired) electrons. The summed E-state index contributed by atoms with van der Waals surface area (Å²) < 4.78 is 32.6. The summed E-state index contributed by atoms with van der Waals surface area (Å²) in [5, 5.41) is 4.90. The van der Waals surface area contributed by atoms with Crippen molar-refractivity contribution in [2.24, 2.45) is 0 Å². The molecule has 2 amide bonds. The number of amides is 2. The number of carbonyl (C=O) groups excluding carboxylic acids is 2. The minimum Gasteiger partial charge on any atom is -0.379 e. The van der Waals surface area contributed by atoms with E-state index in [-0.39, 0.29) is 23.1 Å². The van der Waals surface area contributed by atoms with E-state index in [1.807, 2.05) is 17.5 Å². The number of ether oxygens (including phenoxy) is 1. The number of fused-ring (bicyclic) bond motifs is 1. The van der Waals surface area contributed by atoms with E-state index in [4.69, 9.17) is 4.74 Å². The van der Waals surface area contributed by atoms with E-state index in [9.17, 15) is 18.0 Å². The third-order valence-electron chi connectivity index (χ3n) is 5.54. The number of hydrogen-bond acceptors (Lipinski definition) is 6. The summed E-state index contributed by atoms with van der Waals surface area (Å²) in [5.74, 6) is -0.485. The molecule has 2 aromatic rings. The van der Waals surface area contributed by atoms with E-state index in [1.165, 1.54) is 27.1 Å². The Balaban J connectivity index is 1.51. The van der Waals surface area contributed by atoms with Gasteiger partial charge in [-0.05, 0) is 41.6 Å². The molecule has 0 aliphatic carbocycles. The summed E-state index contributed by atoms with van der Waals surface area (Å²) >= 11 is 1.63. The van der Waals surface area contributed by atoms with Gasteiger partial charge in [0.2, 0.25) is 21.8 Å². The lowest BCUT2D eigenvalue weighted by atomic mass is 10.1. The molecule has 1 aromatic carbocycles. The number of thiophene rings is 1. The van der Waals surface area contributed by atoms with Crippen LogP contribution in [0, 0.1) is 0 Å². The molecule has 10 heteroatoms. The van der Waals surface area contributed by atoms with E-state index in [2.05, 4.69) is 5.32 Å². The maximum atomic E-state index is 13.0. The van der Waals surface area contributed by atoms with Gasteiger partial charge in [-0.3, -0.25) is 14.5 Å². The second-order valence-electron chi connectivity index (χ2n) is 7.54. The number of hydrogen-bond donors (Lipinski definition) is 1. The highest BCUT2D eigenvalue weighted by atomic mass is 32.2. The van der Waals surface area contributed by atoms with Crippen molar-refractivity contribution in [1.82, 2.24) is 9.62 Å². The molecule has 2 aliphatic rings. The summed E-state index contributed by atoms with van der Waals surface area (Å²) in [6.45, 7) is 3.27. The molecule has 0 saturated carbocycles. The number of sulfonamides is 1. The average molecular weight is 464 g/mol. The zero-order chi connectivity index (χ0) is 22.0. The molecular weight excluding hydrogens is 438 g/mol. The Morgan fingerprint density at radius 2 is 2.00 bits per heavy atom. The van der Waals surface area contributed by atoms with Gasteiger partial charge in [-0.25, -0.2) is 8.42 Å². The van der Waals surface area contributed by atoms with E-state index >= 15 is 0 Å². The van der Waals surface area contributed by atoms with E-state index in [0.717, 1.165) is 6.42 Å². The molecule has 31 heavy (non-hydrogen) atoms. The molecule has 8 nitrogen and oxygen atoms in total. The van der Waals surface area contributed by atoms with Crippen LogP contribution in [0.1, 0.15) is 17.4 Å². The van der Waals surface area contributed by atoms with Gasteiger partial charge in [-0.1, -0.05) is 6.07 Å². The second kappa shape index (κ2) is 9.07. The molecule has 2 aliphatic heterocycles. The first-order valence-electron chi connectivity index (χ1n) is 10.2. The first kappa shape index (κ1) is 21.9. The van der Waals surface area contributed by atoms with Crippen molar-refractivity contribution in [2.75, 3.05) is 37.7 Å². The number of carbonyl (C=O) groups is 2. The quantitative estimate of drug-likeness (QED) is 0.699. The lowest BCUT2D eigenvalue weighted by Crippen LogP contribution is -2.47. The van der Waals surface area contributed by atoms with Crippen LogP contribution in [0.3, 0.4) is 0 Å². The van der Waals surface area contributed by atoms with Crippen molar-refractivity contribution in [2.45, 2.75) is 30.7 Å². The van der Waals surface area contributed by atoms with Crippen molar-refractivity contribution in [3.05, 3.63) is 46.2 Å². The predicted octanol–water partition coefficient (Wildman–Crippen LogP) is 1.41. The molecule has 0 bridgehead atoms. The number of nitrogens with one attached hydrogen (secondary N) is 1. The van der Waals surface area contributed by atoms with Gasteiger partial charge >= 0.3 is 0 Å². The molecular formula is C21H25N3O5S2. The lowest BCUT2D eigenvalue weighted by molar-refractivity contribution is -0.125. The molecule has 4 rings (SSSR count). The van der Waals surface area contributed by atoms with Crippen molar-refractivity contribution >= 4 is 38.9 Å². The van der Waals surface area contributed by atoms with Gasteiger partial charge in [0.25, 0.3) is 0 Å². The SMILES string of the molecule is CC(=O)N1c2ccc(S(=O)(=O)N3CCOCC3)cc2CC1C(=O)NCCc1cccs1. The molecule has 1 N–H and O–H groups in total. The molecule has 1 aromatic heterocycles. The maximum Gasteiger partial charge on any atom is 0.243 e. The lowest BCUT2D eigenvalue weighted by Gasteiger charge is -2.26. The standard InChI is InChI=1S/C21H25N3O5S2/c1-15(25)24-19-5-4-18(31(27,28)23-8-10-29-11-9-23)13-16(19)14-20(24)21(26)22-7-6-17-3-2-12-30-17/h2-5,12-13,20H,6-11,14H2,1H3,(H,22,26). The fourth-order valence-corrected chi connectivity index (χ4v) is 6.17. The van der Waals surface area contributed by atoms with Crippen LogP contribution >= 0.6 is 11.3 Å². The number of rotatable bonds is 6. The first-order valence-corrected chi connectivity index (χ1v) is 12.5. The smallest absolute Gasteiger partial charge is 0.243 e. The van der Waals surface area contributed by atoms with Crippen LogP contribution in [0.25, 0.3) is 0 Å². The highest BCUT2D eigenvalue weighted by Crippen LogP contribution is 2.35. The fraction of sp³-hybridized carbons (Fsp3) is 0.429. The maximum absolute atomic E-state index is 13.0. The summed E-state index contributed by atoms with van der Waals surface area (Å²) in [5.41, 5.74) is 1.27. The first-order chi connectivity index (χ1) is 14.9. The number of anilines is 1. The average Bonchev–Trinajstić information content (AvgIpc) is 3.41. The van der Waals surface area contributed by atoms with Crippen molar-refractivity contribution in [3.8, 4) is 0 Å². The topological polar surface area (TPSA) is 96.0 Å². The van der Waals surface area contributed by atoms with Gasteiger partial charge in [0, 0.05) is 43.5 Å². The Morgan fingerprint density at radius 3 is 2.68 bits per heavy atom. The van der Waals surface area contributed by atoms with Crippen LogP contribution < -0.4 is 10.2 Å². The zero-order valence-electron chi connectivity index (χ0n) is 17.2. The molecule has 1 saturated heterocycles. The normalized spacial score (nSPS) is 19.3.